The van der Waals surface area contributed by atoms with E-state index in [9.17, 15) is 8.42 Å². The highest BCUT2D eigenvalue weighted by Gasteiger charge is 2.24. The average molecular weight is 342 g/mol. The molecule has 4 nitrogen and oxygen atoms in total. The second-order valence-electron chi connectivity index (χ2n) is 6.25. The van der Waals surface area contributed by atoms with Crippen LogP contribution in [0.5, 0.6) is 0 Å². The third kappa shape index (κ3) is 3.36. The molecule has 24 heavy (non-hydrogen) atoms. The molecule has 0 heterocycles. The summed E-state index contributed by atoms with van der Waals surface area (Å²) < 4.78 is 25.6. The molecule has 126 valence electrons. The van der Waals surface area contributed by atoms with Crippen LogP contribution in [-0.2, 0) is 16.3 Å². The van der Waals surface area contributed by atoms with Gasteiger partial charge in [0.25, 0.3) is 0 Å². The minimum atomic E-state index is -3.46. The van der Waals surface area contributed by atoms with Crippen LogP contribution in [0.25, 0.3) is 0 Å². The molecule has 0 bridgehead atoms. The fraction of sp³-hybridized carbons (Fsp3) is 0.316. The summed E-state index contributed by atoms with van der Waals surface area (Å²) in [7, 11) is -3.46. The molecule has 0 spiro atoms. The van der Waals surface area contributed by atoms with Crippen molar-refractivity contribution in [3.05, 3.63) is 59.7 Å². The van der Waals surface area contributed by atoms with E-state index in [0.29, 0.717) is 28.1 Å². The van der Waals surface area contributed by atoms with Gasteiger partial charge in [-0.1, -0.05) is 24.3 Å². The number of rotatable bonds is 4. The van der Waals surface area contributed by atoms with Crippen molar-refractivity contribution in [2.75, 3.05) is 6.54 Å². The van der Waals surface area contributed by atoms with E-state index in [1.807, 2.05) is 18.2 Å². The van der Waals surface area contributed by atoms with E-state index in [1.165, 1.54) is 5.56 Å². The molecule has 2 aromatic rings. The molecular weight excluding hydrogens is 320 g/mol. The quantitative estimate of drug-likeness (QED) is 0.684. The molecule has 1 unspecified atom stereocenters. The maximum Gasteiger partial charge on any atom is 0.206 e. The number of sulfone groups is 1. The molecule has 3 rings (SSSR count). The standard InChI is InChI=1S/C19H22N2O2S/c1-14(20)21-13-16-7-5-6-15-12-18(10-11-19(15)16)24(22,23)17-8-3-2-4-9-17/h2-4,8-12,16H,5-7,13H2,1H3,(H2,20,21). The number of hydrogen-bond acceptors (Lipinski definition) is 3. The summed E-state index contributed by atoms with van der Waals surface area (Å²) in [6, 6.07) is 14.1. The van der Waals surface area contributed by atoms with E-state index < -0.39 is 9.84 Å². The maximum atomic E-state index is 12.8. The Balaban J connectivity index is 1.96. The Labute approximate surface area is 143 Å². The molecule has 0 saturated carbocycles. The van der Waals surface area contributed by atoms with Gasteiger partial charge in [0.2, 0.25) is 9.84 Å². The summed E-state index contributed by atoms with van der Waals surface area (Å²) in [5.74, 6) is 0.908. The smallest absolute Gasteiger partial charge is 0.206 e. The highest BCUT2D eigenvalue weighted by molar-refractivity contribution is 7.91. The molecule has 2 aromatic carbocycles. The molecule has 0 aromatic heterocycles. The van der Waals surface area contributed by atoms with Crippen molar-refractivity contribution in [2.24, 2.45) is 10.7 Å². The first kappa shape index (κ1) is 16.7. The van der Waals surface area contributed by atoms with Crippen molar-refractivity contribution in [1.82, 2.24) is 0 Å². The minimum Gasteiger partial charge on any atom is -0.388 e. The number of nitrogens with zero attached hydrogens (tertiary/aromatic N) is 1. The first-order valence-corrected chi connectivity index (χ1v) is 9.66. The molecule has 5 heteroatoms. The van der Waals surface area contributed by atoms with Gasteiger partial charge in [-0.2, -0.15) is 0 Å². The van der Waals surface area contributed by atoms with Crippen molar-refractivity contribution < 1.29 is 8.42 Å². The second kappa shape index (κ2) is 6.77. The van der Waals surface area contributed by atoms with Crippen molar-refractivity contribution >= 4 is 15.7 Å². The number of hydrogen-bond donors (Lipinski definition) is 1. The van der Waals surface area contributed by atoms with Gasteiger partial charge < -0.3 is 5.73 Å². The first-order valence-electron chi connectivity index (χ1n) is 8.18. The molecule has 0 radical (unpaired) electrons. The van der Waals surface area contributed by atoms with Crippen LogP contribution in [0.1, 0.15) is 36.8 Å². The lowest BCUT2D eigenvalue weighted by molar-refractivity contribution is 0.559. The Morgan fingerprint density at radius 1 is 1.17 bits per heavy atom. The number of aryl methyl sites for hydroxylation is 1. The molecule has 1 atom stereocenters. The summed E-state index contributed by atoms with van der Waals surface area (Å²) in [6.45, 7) is 2.46. The predicted molar refractivity (Wildman–Crippen MR) is 96.2 cm³/mol. The second-order valence-corrected chi connectivity index (χ2v) is 8.20. The fourth-order valence-corrected chi connectivity index (χ4v) is 4.57. The fourth-order valence-electron chi connectivity index (χ4n) is 3.24. The number of benzene rings is 2. The van der Waals surface area contributed by atoms with Crippen LogP contribution in [-0.4, -0.2) is 20.8 Å². The SMILES string of the molecule is C/C(N)=N\CC1CCCc2cc(S(=O)(=O)c3ccccc3)ccc21. The van der Waals surface area contributed by atoms with Gasteiger partial charge in [0.05, 0.1) is 15.6 Å². The van der Waals surface area contributed by atoms with Gasteiger partial charge in [-0.3, -0.25) is 4.99 Å². The van der Waals surface area contributed by atoms with Gasteiger partial charge in [0, 0.05) is 12.5 Å². The van der Waals surface area contributed by atoms with Gasteiger partial charge in [-0.15, -0.1) is 0 Å². The van der Waals surface area contributed by atoms with Crippen molar-refractivity contribution in [2.45, 2.75) is 41.9 Å². The highest BCUT2D eigenvalue weighted by Crippen LogP contribution is 2.34. The molecule has 1 aliphatic carbocycles. The average Bonchev–Trinajstić information content (AvgIpc) is 2.60. The summed E-state index contributed by atoms with van der Waals surface area (Å²) in [5, 5.41) is 0. The van der Waals surface area contributed by atoms with E-state index in [-0.39, 0.29) is 0 Å². The van der Waals surface area contributed by atoms with Crippen molar-refractivity contribution in [3.63, 3.8) is 0 Å². The van der Waals surface area contributed by atoms with E-state index in [0.717, 1.165) is 24.8 Å². The van der Waals surface area contributed by atoms with Gasteiger partial charge in [0.1, 0.15) is 0 Å². The van der Waals surface area contributed by atoms with Crippen LogP contribution < -0.4 is 5.73 Å². The number of amidine groups is 1. The Morgan fingerprint density at radius 3 is 2.62 bits per heavy atom. The zero-order chi connectivity index (χ0) is 17.2. The maximum absolute atomic E-state index is 12.8. The van der Waals surface area contributed by atoms with E-state index in [1.54, 1.807) is 37.3 Å². The van der Waals surface area contributed by atoms with Crippen LogP contribution in [0, 0.1) is 0 Å². The van der Waals surface area contributed by atoms with Crippen LogP contribution in [0.2, 0.25) is 0 Å². The largest absolute Gasteiger partial charge is 0.388 e. The summed E-state index contributed by atoms with van der Waals surface area (Å²) in [5.41, 5.74) is 7.97. The number of nitrogens with two attached hydrogens (primary N) is 1. The molecule has 0 fully saturated rings. The van der Waals surface area contributed by atoms with E-state index in [2.05, 4.69) is 4.99 Å². The molecule has 1 aliphatic rings. The zero-order valence-electron chi connectivity index (χ0n) is 13.8. The topological polar surface area (TPSA) is 72.5 Å². The van der Waals surface area contributed by atoms with Gasteiger partial charge >= 0.3 is 0 Å². The monoisotopic (exact) mass is 342 g/mol. The third-order valence-electron chi connectivity index (χ3n) is 4.48. The molecule has 0 aliphatic heterocycles. The van der Waals surface area contributed by atoms with Crippen LogP contribution in [0.4, 0.5) is 0 Å². The Hall–Kier alpha value is -2.14. The van der Waals surface area contributed by atoms with E-state index >= 15 is 0 Å². The lowest BCUT2D eigenvalue weighted by Crippen LogP contribution is -2.16. The lowest BCUT2D eigenvalue weighted by atomic mass is 9.83. The predicted octanol–water partition coefficient (Wildman–Crippen LogP) is 3.32. The van der Waals surface area contributed by atoms with Crippen LogP contribution >= 0.6 is 0 Å². The normalized spacial score (nSPS) is 18.2. The zero-order valence-corrected chi connectivity index (χ0v) is 14.6. The molecule has 0 saturated heterocycles. The van der Waals surface area contributed by atoms with Crippen molar-refractivity contribution in [3.8, 4) is 0 Å². The highest BCUT2D eigenvalue weighted by atomic mass is 32.2. The molecule has 0 amide bonds. The third-order valence-corrected chi connectivity index (χ3v) is 6.25. The minimum absolute atomic E-state index is 0.320. The van der Waals surface area contributed by atoms with Crippen LogP contribution in [0.3, 0.4) is 0 Å². The molecular formula is C19H22N2O2S. The van der Waals surface area contributed by atoms with E-state index in [4.69, 9.17) is 5.73 Å². The summed E-state index contributed by atoms with van der Waals surface area (Å²) in [6.07, 6.45) is 3.02. The Morgan fingerprint density at radius 2 is 1.92 bits per heavy atom. The lowest BCUT2D eigenvalue weighted by Gasteiger charge is -2.25. The Bertz CT molecular complexity index is 854. The summed E-state index contributed by atoms with van der Waals surface area (Å²) in [4.78, 5) is 5.04. The van der Waals surface area contributed by atoms with Crippen molar-refractivity contribution in [1.29, 1.82) is 0 Å². The summed E-state index contributed by atoms with van der Waals surface area (Å²) >= 11 is 0. The number of aliphatic imine (C=N–C) groups is 1. The number of fused-ring (bicyclic) bond motifs is 1. The van der Waals surface area contributed by atoms with Gasteiger partial charge in [0.15, 0.2) is 0 Å². The first-order chi connectivity index (χ1) is 11.5. The van der Waals surface area contributed by atoms with Crippen LogP contribution in [0.15, 0.2) is 63.3 Å². The molecule has 2 N–H and O–H groups in total. The Kier molecular flexibility index (Phi) is 4.71. The van der Waals surface area contributed by atoms with Gasteiger partial charge in [-0.25, -0.2) is 8.42 Å². The van der Waals surface area contributed by atoms with Gasteiger partial charge in [-0.05, 0) is 61.6 Å².